The van der Waals surface area contributed by atoms with E-state index in [1.807, 2.05) is 7.05 Å². The third-order valence-electron chi connectivity index (χ3n) is 4.23. The summed E-state index contributed by atoms with van der Waals surface area (Å²) in [6.45, 7) is 3.81. The Labute approximate surface area is 115 Å². The number of likely N-dealkylation sites (N-methyl/N-ethyl adjacent to an activating group) is 1. The molecule has 0 aromatic rings. The Hall–Kier alpha value is -1.10. The predicted octanol–water partition coefficient (Wildman–Crippen LogP) is 0.598. The van der Waals surface area contributed by atoms with Gasteiger partial charge in [-0.2, -0.15) is 0 Å². The van der Waals surface area contributed by atoms with Crippen LogP contribution in [-0.4, -0.2) is 60.4 Å². The number of piperazine rings is 1. The van der Waals surface area contributed by atoms with Crippen LogP contribution in [0.1, 0.15) is 39.0 Å². The number of nitrogens with zero attached hydrogens (tertiary/aromatic N) is 2. The summed E-state index contributed by atoms with van der Waals surface area (Å²) in [4.78, 5) is 28.1. The van der Waals surface area contributed by atoms with E-state index in [1.165, 1.54) is 0 Å². The SMILES string of the molecule is CCCC(CN1CC(=O)N2CCCCC2C1=O)NC. The van der Waals surface area contributed by atoms with E-state index in [9.17, 15) is 9.59 Å². The second kappa shape index (κ2) is 6.37. The zero-order valence-electron chi connectivity index (χ0n) is 12.0. The lowest BCUT2D eigenvalue weighted by atomic mass is 9.98. The van der Waals surface area contributed by atoms with Gasteiger partial charge in [0.15, 0.2) is 0 Å². The monoisotopic (exact) mass is 267 g/mol. The fourth-order valence-electron chi connectivity index (χ4n) is 3.13. The van der Waals surface area contributed by atoms with Crippen molar-refractivity contribution in [2.75, 3.05) is 26.7 Å². The molecule has 5 heteroatoms. The van der Waals surface area contributed by atoms with Crippen LogP contribution in [0.3, 0.4) is 0 Å². The van der Waals surface area contributed by atoms with Gasteiger partial charge in [-0.05, 0) is 32.7 Å². The summed E-state index contributed by atoms with van der Waals surface area (Å²) in [5.41, 5.74) is 0. The number of hydrogen-bond donors (Lipinski definition) is 1. The summed E-state index contributed by atoms with van der Waals surface area (Å²) in [6, 6.07) is 0.103. The number of fused-ring (bicyclic) bond motifs is 1. The zero-order chi connectivity index (χ0) is 13.8. The van der Waals surface area contributed by atoms with E-state index in [4.69, 9.17) is 0 Å². The first kappa shape index (κ1) is 14.3. The van der Waals surface area contributed by atoms with Crippen molar-refractivity contribution in [1.82, 2.24) is 15.1 Å². The summed E-state index contributed by atoms with van der Waals surface area (Å²) in [6.07, 6.45) is 5.03. The van der Waals surface area contributed by atoms with E-state index >= 15 is 0 Å². The number of carbonyl (C=O) groups excluding carboxylic acids is 2. The molecule has 2 amide bonds. The number of nitrogens with one attached hydrogen (secondary N) is 1. The van der Waals surface area contributed by atoms with Crippen molar-refractivity contribution >= 4 is 11.8 Å². The number of amides is 2. The van der Waals surface area contributed by atoms with Crippen LogP contribution in [0.15, 0.2) is 0 Å². The lowest BCUT2D eigenvalue weighted by Crippen LogP contribution is -2.62. The molecular formula is C14H25N3O2. The highest BCUT2D eigenvalue weighted by Crippen LogP contribution is 2.23. The van der Waals surface area contributed by atoms with E-state index in [-0.39, 0.29) is 30.4 Å². The van der Waals surface area contributed by atoms with Crippen LogP contribution in [0.2, 0.25) is 0 Å². The fraction of sp³-hybridized carbons (Fsp3) is 0.857. The molecule has 0 aromatic heterocycles. The Morgan fingerprint density at radius 1 is 1.37 bits per heavy atom. The molecule has 108 valence electrons. The molecule has 0 bridgehead atoms. The summed E-state index contributed by atoms with van der Waals surface area (Å²) in [5, 5.41) is 3.24. The van der Waals surface area contributed by atoms with Crippen molar-refractivity contribution in [1.29, 1.82) is 0 Å². The van der Waals surface area contributed by atoms with Gasteiger partial charge in [-0.1, -0.05) is 13.3 Å². The van der Waals surface area contributed by atoms with E-state index in [0.29, 0.717) is 6.54 Å². The Morgan fingerprint density at radius 3 is 2.84 bits per heavy atom. The van der Waals surface area contributed by atoms with Crippen LogP contribution in [0.25, 0.3) is 0 Å². The average Bonchev–Trinajstić information content (AvgIpc) is 2.44. The van der Waals surface area contributed by atoms with Gasteiger partial charge < -0.3 is 15.1 Å². The minimum atomic E-state index is -0.186. The molecule has 2 aliphatic heterocycles. The molecule has 2 aliphatic rings. The smallest absolute Gasteiger partial charge is 0.245 e. The van der Waals surface area contributed by atoms with E-state index in [2.05, 4.69) is 12.2 Å². The maximum Gasteiger partial charge on any atom is 0.245 e. The first-order chi connectivity index (χ1) is 9.17. The lowest BCUT2D eigenvalue weighted by molar-refractivity contribution is -0.158. The average molecular weight is 267 g/mol. The van der Waals surface area contributed by atoms with Gasteiger partial charge in [-0.25, -0.2) is 0 Å². The summed E-state index contributed by atoms with van der Waals surface area (Å²) < 4.78 is 0. The van der Waals surface area contributed by atoms with Crippen molar-refractivity contribution in [2.45, 2.75) is 51.1 Å². The Kier molecular flexibility index (Phi) is 4.80. The molecule has 0 aromatic carbocycles. The number of hydrogen-bond acceptors (Lipinski definition) is 3. The van der Waals surface area contributed by atoms with Gasteiger partial charge in [0.2, 0.25) is 11.8 Å². The zero-order valence-corrected chi connectivity index (χ0v) is 12.0. The molecular weight excluding hydrogens is 242 g/mol. The number of piperidine rings is 1. The second-order valence-electron chi connectivity index (χ2n) is 5.59. The normalized spacial score (nSPS) is 25.5. The van der Waals surface area contributed by atoms with Crippen molar-refractivity contribution < 1.29 is 9.59 Å². The second-order valence-corrected chi connectivity index (χ2v) is 5.59. The molecule has 2 fully saturated rings. The first-order valence-electron chi connectivity index (χ1n) is 7.43. The van der Waals surface area contributed by atoms with Gasteiger partial charge in [0.25, 0.3) is 0 Å². The third kappa shape index (κ3) is 3.08. The van der Waals surface area contributed by atoms with Gasteiger partial charge in [0, 0.05) is 19.1 Å². The maximum absolute atomic E-state index is 12.5. The largest absolute Gasteiger partial charge is 0.330 e. The third-order valence-corrected chi connectivity index (χ3v) is 4.23. The Morgan fingerprint density at radius 2 is 2.16 bits per heavy atom. The fourth-order valence-corrected chi connectivity index (χ4v) is 3.13. The highest BCUT2D eigenvalue weighted by molar-refractivity contribution is 5.95. The minimum Gasteiger partial charge on any atom is -0.330 e. The number of rotatable bonds is 5. The molecule has 0 aliphatic carbocycles. The Bertz CT molecular complexity index is 346. The van der Waals surface area contributed by atoms with E-state index in [0.717, 1.165) is 38.6 Å². The molecule has 2 heterocycles. The van der Waals surface area contributed by atoms with Crippen molar-refractivity contribution in [2.24, 2.45) is 0 Å². The van der Waals surface area contributed by atoms with Gasteiger partial charge in [-0.15, -0.1) is 0 Å². The van der Waals surface area contributed by atoms with Crippen LogP contribution < -0.4 is 5.32 Å². The highest BCUT2D eigenvalue weighted by Gasteiger charge is 2.40. The highest BCUT2D eigenvalue weighted by atomic mass is 16.2. The van der Waals surface area contributed by atoms with Gasteiger partial charge >= 0.3 is 0 Å². The van der Waals surface area contributed by atoms with Crippen LogP contribution in [-0.2, 0) is 9.59 Å². The van der Waals surface area contributed by atoms with E-state index in [1.54, 1.807) is 9.80 Å². The van der Waals surface area contributed by atoms with Gasteiger partial charge in [-0.3, -0.25) is 9.59 Å². The minimum absolute atomic E-state index is 0.121. The molecule has 2 saturated heterocycles. The van der Waals surface area contributed by atoms with Crippen molar-refractivity contribution in [3.63, 3.8) is 0 Å². The van der Waals surface area contributed by atoms with Crippen molar-refractivity contribution in [3.8, 4) is 0 Å². The molecule has 2 atom stereocenters. The van der Waals surface area contributed by atoms with Crippen LogP contribution in [0.4, 0.5) is 0 Å². The number of carbonyl (C=O) groups is 2. The summed E-state index contributed by atoms with van der Waals surface area (Å²) in [7, 11) is 1.92. The lowest BCUT2D eigenvalue weighted by Gasteiger charge is -2.43. The molecule has 2 unspecified atom stereocenters. The van der Waals surface area contributed by atoms with Crippen LogP contribution in [0, 0.1) is 0 Å². The van der Waals surface area contributed by atoms with Gasteiger partial charge in [0.1, 0.15) is 6.04 Å². The Balaban J connectivity index is 2.01. The van der Waals surface area contributed by atoms with Crippen LogP contribution in [0.5, 0.6) is 0 Å². The van der Waals surface area contributed by atoms with Crippen LogP contribution >= 0.6 is 0 Å². The molecule has 19 heavy (non-hydrogen) atoms. The first-order valence-corrected chi connectivity index (χ1v) is 7.43. The summed E-state index contributed by atoms with van der Waals surface area (Å²) >= 11 is 0. The molecule has 5 nitrogen and oxygen atoms in total. The topological polar surface area (TPSA) is 52.7 Å². The molecule has 0 saturated carbocycles. The van der Waals surface area contributed by atoms with E-state index < -0.39 is 0 Å². The molecule has 0 radical (unpaired) electrons. The van der Waals surface area contributed by atoms with Crippen molar-refractivity contribution in [3.05, 3.63) is 0 Å². The predicted molar refractivity (Wildman–Crippen MR) is 73.7 cm³/mol. The molecule has 0 spiro atoms. The summed E-state index contributed by atoms with van der Waals surface area (Å²) in [5.74, 6) is 0.270. The molecule has 1 N–H and O–H groups in total. The molecule has 2 rings (SSSR count). The van der Waals surface area contributed by atoms with Gasteiger partial charge in [0.05, 0.1) is 6.54 Å². The maximum atomic E-state index is 12.5. The quantitative estimate of drug-likeness (QED) is 0.793. The standard InChI is InChI=1S/C14H25N3O2/c1-3-6-11(15-2)9-16-10-13(18)17-8-5-4-7-12(17)14(16)19/h11-12,15H,3-10H2,1-2H3.